The summed E-state index contributed by atoms with van der Waals surface area (Å²) in [4.78, 5) is 0. The third-order valence-corrected chi connectivity index (χ3v) is 5.48. The molecule has 2 N–H and O–H groups in total. The van der Waals surface area contributed by atoms with Crippen molar-refractivity contribution in [2.75, 3.05) is 13.1 Å². The quantitative estimate of drug-likeness (QED) is 0.751. The average Bonchev–Trinajstić information content (AvgIpc) is 2.56. The Morgan fingerprint density at radius 2 is 1.94 bits per heavy atom. The van der Waals surface area contributed by atoms with Gasteiger partial charge in [0.15, 0.2) is 0 Å². The molecule has 2 saturated heterocycles. The van der Waals surface area contributed by atoms with Crippen molar-refractivity contribution in [3.63, 3.8) is 0 Å². The molecule has 2 rings (SSSR count). The lowest BCUT2D eigenvalue weighted by Gasteiger charge is -2.30. The second-order valence-electron chi connectivity index (χ2n) is 6.26. The highest BCUT2D eigenvalue weighted by Crippen LogP contribution is 2.34. The molecule has 2 heterocycles. The minimum Gasteiger partial charge on any atom is -0.315 e. The first kappa shape index (κ1) is 13.3. The van der Waals surface area contributed by atoms with Crippen LogP contribution in [0.25, 0.3) is 0 Å². The fourth-order valence-electron chi connectivity index (χ4n) is 2.98. The van der Waals surface area contributed by atoms with Gasteiger partial charge in [-0.3, -0.25) is 0 Å². The summed E-state index contributed by atoms with van der Waals surface area (Å²) in [5, 5.41) is 3.28. The van der Waals surface area contributed by atoms with E-state index in [1.54, 1.807) is 4.31 Å². The summed E-state index contributed by atoms with van der Waals surface area (Å²) < 4.78 is 29.2. The molecule has 2 aliphatic heterocycles. The highest BCUT2D eigenvalue weighted by Gasteiger charge is 2.48. The van der Waals surface area contributed by atoms with Crippen LogP contribution in [0.5, 0.6) is 0 Å². The third kappa shape index (κ3) is 2.65. The van der Waals surface area contributed by atoms with Gasteiger partial charge in [0.1, 0.15) is 0 Å². The summed E-state index contributed by atoms with van der Waals surface area (Å²) in [6, 6.07) is 0.233. The van der Waals surface area contributed by atoms with Gasteiger partial charge in [0.05, 0.1) is 0 Å². The van der Waals surface area contributed by atoms with E-state index in [2.05, 4.69) is 10.0 Å². The van der Waals surface area contributed by atoms with E-state index in [0.717, 1.165) is 19.5 Å². The van der Waals surface area contributed by atoms with Crippen LogP contribution in [0.15, 0.2) is 0 Å². The van der Waals surface area contributed by atoms with Crippen LogP contribution in [-0.2, 0) is 10.2 Å². The molecule has 0 aliphatic carbocycles. The highest BCUT2D eigenvalue weighted by molar-refractivity contribution is 7.87. The zero-order valence-corrected chi connectivity index (χ0v) is 11.8. The summed E-state index contributed by atoms with van der Waals surface area (Å²) in [6.45, 7) is 9.33. The number of nitrogens with one attached hydrogen (secondary N) is 2. The van der Waals surface area contributed by atoms with Crippen molar-refractivity contribution in [3.05, 3.63) is 0 Å². The average molecular weight is 261 g/mol. The number of hydrogen-bond acceptors (Lipinski definition) is 3. The van der Waals surface area contributed by atoms with Gasteiger partial charge in [0.2, 0.25) is 0 Å². The summed E-state index contributed by atoms with van der Waals surface area (Å²) >= 11 is 0. The lowest BCUT2D eigenvalue weighted by atomic mass is 10.0. The van der Waals surface area contributed by atoms with Gasteiger partial charge in [-0.15, -0.1) is 0 Å². The third-order valence-electron chi connectivity index (χ3n) is 3.42. The van der Waals surface area contributed by atoms with Gasteiger partial charge in [-0.05, 0) is 46.6 Å². The zero-order chi connectivity index (χ0) is 12.8. The van der Waals surface area contributed by atoms with Crippen molar-refractivity contribution >= 4 is 10.2 Å². The van der Waals surface area contributed by atoms with Gasteiger partial charge >= 0.3 is 0 Å². The van der Waals surface area contributed by atoms with Crippen LogP contribution in [0, 0.1) is 5.92 Å². The lowest BCUT2D eigenvalue weighted by Crippen LogP contribution is -2.53. The molecule has 0 aromatic heterocycles. The largest absolute Gasteiger partial charge is 0.315 e. The molecule has 0 bridgehead atoms. The van der Waals surface area contributed by atoms with Crippen LogP contribution < -0.4 is 10.0 Å². The number of rotatable bonds is 2. The maximum Gasteiger partial charge on any atom is 0.280 e. The predicted molar refractivity (Wildman–Crippen MR) is 67.9 cm³/mol. The number of fused-ring (bicyclic) bond motifs is 1. The van der Waals surface area contributed by atoms with Crippen molar-refractivity contribution in [3.8, 4) is 0 Å². The van der Waals surface area contributed by atoms with Crippen molar-refractivity contribution in [1.82, 2.24) is 14.3 Å². The minimum atomic E-state index is -3.38. The van der Waals surface area contributed by atoms with E-state index in [1.165, 1.54) is 0 Å². The first-order chi connectivity index (χ1) is 7.71. The Balaban J connectivity index is 2.21. The minimum absolute atomic E-state index is 0.104. The van der Waals surface area contributed by atoms with Gasteiger partial charge in [-0.1, -0.05) is 0 Å². The molecule has 3 unspecified atom stereocenters. The van der Waals surface area contributed by atoms with E-state index < -0.39 is 15.7 Å². The zero-order valence-electron chi connectivity index (χ0n) is 11.0. The predicted octanol–water partition coefficient (Wildman–Crippen LogP) is 0.302. The van der Waals surface area contributed by atoms with Gasteiger partial charge < -0.3 is 5.32 Å². The smallest absolute Gasteiger partial charge is 0.280 e. The molecule has 3 atom stereocenters. The SMILES string of the molecule is CC1CC2CNCC2N1S(=O)(=O)NC(C)(C)C. The second kappa shape index (κ2) is 4.19. The number of hydrogen-bond donors (Lipinski definition) is 2. The molecule has 0 aromatic carbocycles. The number of nitrogens with zero attached hydrogens (tertiary/aromatic N) is 1. The molecule has 2 aliphatic rings. The van der Waals surface area contributed by atoms with E-state index in [0.29, 0.717) is 5.92 Å². The van der Waals surface area contributed by atoms with Crippen LogP contribution in [0.4, 0.5) is 0 Å². The van der Waals surface area contributed by atoms with E-state index >= 15 is 0 Å². The molecule has 5 nitrogen and oxygen atoms in total. The van der Waals surface area contributed by atoms with E-state index in [9.17, 15) is 8.42 Å². The molecule has 2 fully saturated rings. The van der Waals surface area contributed by atoms with E-state index in [1.807, 2.05) is 27.7 Å². The first-order valence-corrected chi connectivity index (χ1v) is 7.68. The van der Waals surface area contributed by atoms with Crippen LogP contribution in [0.3, 0.4) is 0 Å². The van der Waals surface area contributed by atoms with Crippen molar-refractivity contribution < 1.29 is 8.42 Å². The Labute approximate surface area is 104 Å². The second-order valence-corrected chi connectivity index (χ2v) is 7.83. The first-order valence-electron chi connectivity index (χ1n) is 6.24. The fraction of sp³-hybridized carbons (Fsp3) is 1.00. The van der Waals surface area contributed by atoms with Crippen LogP contribution in [0.1, 0.15) is 34.1 Å². The molecule has 0 amide bonds. The fourth-order valence-corrected chi connectivity index (χ4v) is 5.02. The molecular formula is C11H23N3O2S. The molecule has 0 aromatic rings. The molecule has 17 heavy (non-hydrogen) atoms. The molecule has 0 radical (unpaired) electrons. The summed E-state index contributed by atoms with van der Waals surface area (Å²) in [6.07, 6.45) is 0.961. The molecule has 0 spiro atoms. The van der Waals surface area contributed by atoms with Crippen molar-refractivity contribution in [2.45, 2.75) is 51.7 Å². The Hall–Kier alpha value is -0.170. The Morgan fingerprint density at radius 1 is 1.29 bits per heavy atom. The van der Waals surface area contributed by atoms with Crippen LogP contribution in [0.2, 0.25) is 0 Å². The maximum atomic E-state index is 12.4. The standard InChI is InChI=1S/C11H23N3O2S/c1-8-5-9-6-12-7-10(9)14(8)17(15,16)13-11(2,3)4/h8-10,12-13H,5-7H2,1-4H3. The summed E-state index contributed by atoms with van der Waals surface area (Å²) in [5.41, 5.74) is -0.428. The van der Waals surface area contributed by atoms with Crippen LogP contribution in [-0.4, -0.2) is 43.4 Å². The Kier molecular flexibility index (Phi) is 3.27. The van der Waals surface area contributed by atoms with Crippen molar-refractivity contribution in [1.29, 1.82) is 0 Å². The lowest BCUT2D eigenvalue weighted by molar-refractivity contribution is 0.321. The highest BCUT2D eigenvalue weighted by atomic mass is 32.2. The van der Waals surface area contributed by atoms with Gasteiger partial charge in [0.25, 0.3) is 10.2 Å². The van der Waals surface area contributed by atoms with Gasteiger partial charge in [-0.25, -0.2) is 0 Å². The molecule has 0 saturated carbocycles. The monoisotopic (exact) mass is 261 g/mol. The summed E-state index contributed by atoms with van der Waals surface area (Å²) in [7, 11) is -3.38. The molecule has 6 heteroatoms. The van der Waals surface area contributed by atoms with Crippen LogP contribution >= 0.6 is 0 Å². The molecule has 100 valence electrons. The van der Waals surface area contributed by atoms with Gasteiger partial charge in [0, 0.05) is 24.2 Å². The maximum absolute atomic E-state index is 12.4. The Bertz CT molecular complexity index is 388. The molecular weight excluding hydrogens is 238 g/mol. The Morgan fingerprint density at radius 3 is 2.53 bits per heavy atom. The summed E-state index contributed by atoms with van der Waals surface area (Å²) in [5.74, 6) is 0.474. The topological polar surface area (TPSA) is 61.4 Å². The van der Waals surface area contributed by atoms with Gasteiger partial charge in [-0.2, -0.15) is 17.4 Å². The normalized spacial score (nSPS) is 35.2. The van der Waals surface area contributed by atoms with E-state index in [-0.39, 0.29) is 12.1 Å². The van der Waals surface area contributed by atoms with E-state index in [4.69, 9.17) is 0 Å². The van der Waals surface area contributed by atoms with Crippen molar-refractivity contribution in [2.24, 2.45) is 5.92 Å².